The number of halogens is 1. The first-order valence-electron chi connectivity index (χ1n) is 8.76. The average molecular weight is 370 g/mol. The molecule has 3 heterocycles. The molecule has 0 bridgehead atoms. The number of carbonyl (C=O) groups excluding carboxylic acids is 1. The zero-order valence-corrected chi connectivity index (χ0v) is 15.0. The Morgan fingerprint density at radius 2 is 2.31 bits per heavy atom. The highest BCUT2D eigenvalue weighted by Gasteiger charge is 2.22. The minimum atomic E-state index is 0.0249. The van der Waals surface area contributed by atoms with Gasteiger partial charge in [0.05, 0.1) is 6.42 Å². The lowest BCUT2D eigenvalue weighted by molar-refractivity contribution is -0.121. The monoisotopic (exact) mass is 369 g/mol. The number of carbonyl (C=O) groups is 1. The Hall–Kier alpha value is -2.60. The fraction of sp³-hybridized carbons (Fsp3) is 0.316. The molecule has 0 aliphatic carbocycles. The standard InChI is InChI=1S/C19H20ClN5O/c20-14-5-6-17-16(10-14)13(11-21-17)9-19(26)23-15-3-2-8-25(12-15)18-4-1-7-22-24-18/h1,4-7,10-11,15,21H,2-3,8-9,12H2,(H,23,26). The van der Waals surface area contributed by atoms with Crippen LogP contribution in [0.25, 0.3) is 10.9 Å². The lowest BCUT2D eigenvalue weighted by Crippen LogP contribution is -2.48. The molecular weight excluding hydrogens is 350 g/mol. The fourth-order valence-corrected chi connectivity index (χ4v) is 3.69. The number of nitrogens with one attached hydrogen (secondary N) is 2. The predicted octanol–water partition coefficient (Wildman–Crippen LogP) is 2.94. The Labute approximate surface area is 156 Å². The topological polar surface area (TPSA) is 73.9 Å². The summed E-state index contributed by atoms with van der Waals surface area (Å²) < 4.78 is 0. The maximum atomic E-state index is 12.5. The summed E-state index contributed by atoms with van der Waals surface area (Å²) in [7, 11) is 0. The van der Waals surface area contributed by atoms with Crippen LogP contribution in [-0.2, 0) is 11.2 Å². The maximum absolute atomic E-state index is 12.5. The molecule has 6 nitrogen and oxygen atoms in total. The van der Waals surface area contributed by atoms with Crippen molar-refractivity contribution >= 4 is 34.2 Å². The summed E-state index contributed by atoms with van der Waals surface area (Å²) in [5, 5.41) is 12.9. The van der Waals surface area contributed by atoms with Crippen molar-refractivity contribution in [3.8, 4) is 0 Å². The van der Waals surface area contributed by atoms with E-state index in [9.17, 15) is 4.79 Å². The fourth-order valence-electron chi connectivity index (χ4n) is 3.51. The molecule has 4 rings (SSSR count). The minimum Gasteiger partial charge on any atom is -0.361 e. The highest BCUT2D eigenvalue weighted by Crippen LogP contribution is 2.23. The number of nitrogens with zero attached hydrogens (tertiary/aromatic N) is 3. The van der Waals surface area contributed by atoms with Gasteiger partial charge in [-0.3, -0.25) is 4.79 Å². The van der Waals surface area contributed by atoms with E-state index in [0.29, 0.717) is 11.4 Å². The van der Waals surface area contributed by atoms with Crippen molar-refractivity contribution in [2.24, 2.45) is 0 Å². The van der Waals surface area contributed by atoms with Crippen LogP contribution >= 0.6 is 11.6 Å². The van der Waals surface area contributed by atoms with Crippen LogP contribution in [0, 0.1) is 0 Å². The van der Waals surface area contributed by atoms with Gasteiger partial charge in [0, 0.05) is 47.5 Å². The smallest absolute Gasteiger partial charge is 0.224 e. The van der Waals surface area contributed by atoms with E-state index < -0.39 is 0 Å². The lowest BCUT2D eigenvalue weighted by Gasteiger charge is -2.33. The number of aromatic nitrogens is 3. The van der Waals surface area contributed by atoms with Gasteiger partial charge in [0.25, 0.3) is 0 Å². The van der Waals surface area contributed by atoms with E-state index in [1.54, 1.807) is 6.20 Å². The SMILES string of the molecule is O=C(Cc1c[nH]c2ccc(Cl)cc12)NC1CCCN(c2cccnn2)C1. The molecule has 26 heavy (non-hydrogen) atoms. The third-order valence-electron chi connectivity index (χ3n) is 4.75. The summed E-state index contributed by atoms with van der Waals surface area (Å²) in [5.74, 6) is 0.884. The van der Waals surface area contributed by atoms with Crippen LogP contribution in [0.4, 0.5) is 5.82 Å². The van der Waals surface area contributed by atoms with Crippen molar-refractivity contribution in [3.63, 3.8) is 0 Å². The predicted molar refractivity (Wildman–Crippen MR) is 102 cm³/mol. The van der Waals surface area contributed by atoms with Crippen LogP contribution in [0.1, 0.15) is 18.4 Å². The summed E-state index contributed by atoms with van der Waals surface area (Å²) in [6.07, 6.45) is 5.88. The number of hydrogen-bond donors (Lipinski definition) is 2. The molecule has 1 aliphatic rings. The molecule has 0 radical (unpaired) electrons. The number of benzene rings is 1. The number of rotatable bonds is 4. The largest absolute Gasteiger partial charge is 0.361 e. The molecule has 1 atom stereocenters. The van der Waals surface area contributed by atoms with Crippen molar-refractivity contribution < 1.29 is 4.79 Å². The van der Waals surface area contributed by atoms with E-state index >= 15 is 0 Å². The number of fused-ring (bicyclic) bond motifs is 1. The number of H-pyrrole nitrogens is 1. The highest BCUT2D eigenvalue weighted by molar-refractivity contribution is 6.31. The summed E-state index contributed by atoms with van der Waals surface area (Å²) in [6, 6.07) is 9.62. The second-order valence-electron chi connectivity index (χ2n) is 6.62. The number of piperidine rings is 1. The van der Waals surface area contributed by atoms with Gasteiger partial charge >= 0.3 is 0 Å². The normalized spacial score (nSPS) is 17.4. The summed E-state index contributed by atoms with van der Waals surface area (Å²) in [6.45, 7) is 1.69. The molecule has 2 aromatic heterocycles. The Bertz CT molecular complexity index is 911. The molecule has 1 amide bonds. The van der Waals surface area contributed by atoms with Crippen molar-refractivity contribution in [3.05, 3.63) is 53.3 Å². The molecule has 134 valence electrons. The van der Waals surface area contributed by atoms with Gasteiger partial charge in [-0.05, 0) is 48.7 Å². The first-order chi connectivity index (χ1) is 12.7. The van der Waals surface area contributed by atoms with Crippen LogP contribution in [0.15, 0.2) is 42.7 Å². The minimum absolute atomic E-state index is 0.0249. The van der Waals surface area contributed by atoms with Gasteiger partial charge in [-0.25, -0.2) is 0 Å². The van der Waals surface area contributed by atoms with Gasteiger partial charge in [0.1, 0.15) is 0 Å². The third kappa shape index (κ3) is 3.65. The van der Waals surface area contributed by atoms with Gasteiger partial charge < -0.3 is 15.2 Å². The molecule has 7 heteroatoms. The molecule has 1 aromatic carbocycles. The van der Waals surface area contributed by atoms with Gasteiger partial charge in [-0.1, -0.05) is 11.6 Å². The van der Waals surface area contributed by atoms with Crippen molar-refractivity contribution in [2.45, 2.75) is 25.3 Å². The molecule has 0 saturated carbocycles. The van der Waals surface area contributed by atoms with E-state index in [2.05, 4.69) is 25.4 Å². The first kappa shape index (κ1) is 16.8. The van der Waals surface area contributed by atoms with Gasteiger partial charge in [0.15, 0.2) is 5.82 Å². The molecule has 2 N–H and O–H groups in total. The second kappa shape index (κ2) is 7.33. The van der Waals surface area contributed by atoms with Gasteiger partial charge in [-0.2, -0.15) is 5.10 Å². The number of aromatic amines is 1. The number of hydrogen-bond acceptors (Lipinski definition) is 4. The van der Waals surface area contributed by atoms with Crippen LogP contribution in [0.3, 0.4) is 0 Å². The molecule has 0 spiro atoms. The number of anilines is 1. The van der Waals surface area contributed by atoms with E-state index in [0.717, 1.165) is 48.2 Å². The second-order valence-corrected chi connectivity index (χ2v) is 7.05. The molecule has 1 saturated heterocycles. The van der Waals surface area contributed by atoms with Gasteiger partial charge in [-0.15, -0.1) is 5.10 Å². The van der Waals surface area contributed by atoms with Crippen LogP contribution < -0.4 is 10.2 Å². The molecule has 3 aromatic rings. The molecule has 1 aliphatic heterocycles. The quantitative estimate of drug-likeness (QED) is 0.741. The van der Waals surface area contributed by atoms with Crippen LogP contribution in [-0.4, -0.2) is 40.2 Å². The van der Waals surface area contributed by atoms with Crippen molar-refractivity contribution in [1.82, 2.24) is 20.5 Å². The highest BCUT2D eigenvalue weighted by atomic mass is 35.5. The van der Waals surface area contributed by atoms with Crippen molar-refractivity contribution in [1.29, 1.82) is 0 Å². The summed E-state index contributed by atoms with van der Waals surface area (Å²) in [5.41, 5.74) is 1.95. The molecular formula is C19H20ClN5O. The molecule has 1 unspecified atom stereocenters. The lowest BCUT2D eigenvalue weighted by atomic mass is 10.0. The van der Waals surface area contributed by atoms with E-state index in [1.165, 1.54) is 0 Å². The Balaban J connectivity index is 1.40. The van der Waals surface area contributed by atoms with Crippen molar-refractivity contribution in [2.75, 3.05) is 18.0 Å². The molecule has 1 fully saturated rings. The van der Waals surface area contributed by atoms with E-state index in [1.807, 2.05) is 36.5 Å². The summed E-state index contributed by atoms with van der Waals surface area (Å²) >= 11 is 6.08. The van der Waals surface area contributed by atoms with E-state index in [-0.39, 0.29) is 11.9 Å². The Morgan fingerprint density at radius 3 is 3.15 bits per heavy atom. The third-order valence-corrected chi connectivity index (χ3v) is 4.98. The average Bonchev–Trinajstić information content (AvgIpc) is 3.04. The first-order valence-corrected chi connectivity index (χ1v) is 9.14. The maximum Gasteiger partial charge on any atom is 0.224 e. The number of amides is 1. The van der Waals surface area contributed by atoms with Crippen LogP contribution in [0.2, 0.25) is 5.02 Å². The van der Waals surface area contributed by atoms with E-state index in [4.69, 9.17) is 11.6 Å². The summed E-state index contributed by atoms with van der Waals surface area (Å²) in [4.78, 5) is 17.9. The Kier molecular flexibility index (Phi) is 4.75. The zero-order valence-electron chi connectivity index (χ0n) is 14.3. The van der Waals surface area contributed by atoms with Gasteiger partial charge in [0.2, 0.25) is 5.91 Å². The Morgan fingerprint density at radius 1 is 1.38 bits per heavy atom. The van der Waals surface area contributed by atoms with Crippen LogP contribution in [0.5, 0.6) is 0 Å². The zero-order chi connectivity index (χ0) is 17.9.